The van der Waals surface area contributed by atoms with Crippen LogP contribution in [0.2, 0.25) is 0 Å². The SMILES string of the molecule is COc1ccc(Br)n2nc(C3CC3)nc12. The van der Waals surface area contributed by atoms with Crippen molar-refractivity contribution < 1.29 is 4.74 Å². The Kier molecular flexibility index (Phi) is 1.95. The molecule has 0 unspecified atom stereocenters. The predicted molar refractivity (Wildman–Crippen MR) is 59.2 cm³/mol. The zero-order chi connectivity index (χ0) is 10.4. The first-order chi connectivity index (χ1) is 7.29. The molecule has 15 heavy (non-hydrogen) atoms. The van der Waals surface area contributed by atoms with E-state index in [1.807, 2.05) is 12.1 Å². The van der Waals surface area contributed by atoms with Gasteiger partial charge in [0.25, 0.3) is 0 Å². The Hall–Kier alpha value is -1.10. The number of methoxy groups -OCH3 is 1. The summed E-state index contributed by atoms with van der Waals surface area (Å²) in [6, 6.07) is 3.81. The summed E-state index contributed by atoms with van der Waals surface area (Å²) < 4.78 is 7.94. The fourth-order valence-electron chi connectivity index (χ4n) is 1.60. The van der Waals surface area contributed by atoms with Gasteiger partial charge in [-0.3, -0.25) is 0 Å². The van der Waals surface area contributed by atoms with Gasteiger partial charge >= 0.3 is 0 Å². The molecule has 0 spiro atoms. The van der Waals surface area contributed by atoms with Gasteiger partial charge in [0.1, 0.15) is 4.60 Å². The van der Waals surface area contributed by atoms with E-state index in [1.54, 1.807) is 11.6 Å². The molecule has 4 nitrogen and oxygen atoms in total. The summed E-state index contributed by atoms with van der Waals surface area (Å²) in [5.41, 5.74) is 0.786. The van der Waals surface area contributed by atoms with Crippen LogP contribution in [0, 0.1) is 0 Å². The highest BCUT2D eigenvalue weighted by Gasteiger charge is 2.28. The number of rotatable bonds is 2. The zero-order valence-electron chi connectivity index (χ0n) is 8.27. The van der Waals surface area contributed by atoms with Crippen molar-refractivity contribution in [2.45, 2.75) is 18.8 Å². The Balaban J connectivity index is 2.25. The van der Waals surface area contributed by atoms with Gasteiger partial charge in [-0.05, 0) is 40.9 Å². The minimum atomic E-state index is 0.557. The Morgan fingerprint density at radius 3 is 2.93 bits per heavy atom. The van der Waals surface area contributed by atoms with E-state index in [0.29, 0.717) is 5.92 Å². The van der Waals surface area contributed by atoms with Crippen molar-refractivity contribution in [1.82, 2.24) is 14.6 Å². The number of hydrogen-bond donors (Lipinski definition) is 0. The van der Waals surface area contributed by atoms with Gasteiger partial charge in [-0.2, -0.15) is 0 Å². The summed E-state index contributed by atoms with van der Waals surface area (Å²) >= 11 is 3.45. The van der Waals surface area contributed by atoms with Crippen LogP contribution in [0.4, 0.5) is 0 Å². The van der Waals surface area contributed by atoms with Gasteiger partial charge < -0.3 is 4.74 Å². The summed E-state index contributed by atoms with van der Waals surface area (Å²) in [6.07, 6.45) is 2.41. The van der Waals surface area contributed by atoms with Crippen molar-refractivity contribution in [3.63, 3.8) is 0 Å². The van der Waals surface area contributed by atoms with Gasteiger partial charge in [0.2, 0.25) is 0 Å². The molecule has 5 heteroatoms. The van der Waals surface area contributed by atoms with Crippen LogP contribution in [0.3, 0.4) is 0 Å². The highest BCUT2D eigenvalue weighted by Crippen LogP contribution is 2.39. The first kappa shape index (κ1) is 9.15. The van der Waals surface area contributed by atoms with Gasteiger partial charge in [-0.15, -0.1) is 5.10 Å². The average molecular weight is 268 g/mol. The van der Waals surface area contributed by atoms with Crippen LogP contribution >= 0.6 is 15.9 Å². The largest absolute Gasteiger partial charge is 0.493 e. The standard InChI is InChI=1S/C10H10BrN3O/c1-15-7-4-5-8(11)14-10(7)12-9(13-14)6-2-3-6/h4-6H,2-3H2,1H3. The monoisotopic (exact) mass is 267 g/mol. The summed E-state index contributed by atoms with van der Waals surface area (Å²) in [4.78, 5) is 4.50. The van der Waals surface area contributed by atoms with Crippen LogP contribution in [0.5, 0.6) is 5.75 Å². The maximum absolute atomic E-state index is 5.25. The van der Waals surface area contributed by atoms with Crippen molar-refractivity contribution >= 4 is 21.6 Å². The molecule has 0 saturated heterocycles. The second-order valence-corrected chi connectivity index (χ2v) is 4.52. The Morgan fingerprint density at radius 1 is 1.47 bits per heavy atom. The molecule has 0 N–H and O–H groups in total. The second-order valence-electron chi connectivity index (χ2n) is 3.70. The van der Waals surface area contributed by atoms with Crippen LogP contribution in [0.1, 0.15) is 24.6 Å². The number of fused-ring (bicyclic) bond motifs is 1. The van der Waals surface area contributed by atoms with Crippen LogP contribution in [-0.2, 0) is 0 Å². The molecule has 78 valence electrons. The molecule has 1 fully saturated rings. The Bertz CT molecular complexity index is 519. The summed E-state index contributed by atoms with van der Waals surface area (Å²) in [5, 5.41) is 4.46. The molecule has 2 heterocycles. The third-order valence-corrected chi connectivity index (χ3v) is 3.18. The molecule has 2 aromatic heterocycles. The lowest BCUT2D eigenvalue weighted by Gasteiger charge is -2.01. The van der Waals surface area contributed by atoms with Crippen LogP contribution < -0.4 is 4.74 Å². The highest BCUT2D eigenvalue weighted by molar-refractivity contribution is 9.10. The fraction of sp³-hybridized carbons (Fsp3) is 0.400. The highest BCUT2D eigenvalue weighted by atomic mass is 79.9. The topological polar surface area (TPSA) is 39.4 Å². The van der Waals surface area contributed by atoms with E-state index in [2.05, 4.69) is 26.0 Å². The molecule has 0 aliphatic heterocycles. The third kappa shape index (κ3) is 1.42. The number of aromatic nitrogens is 3. The normalized spacial score (nSPS) is 15.9. The van der Waals surface area contributed by atoms with Crippen LogP contribution in [0.25, 0.3) is 5.65 Å². The molecule has 0 aromatic carbocycles. The number of halogens is 1. The molecular weight excluding hydrogens is 258 g/mol. The maximum atomic E-state index is 5.25. The van der Waals surface area contributed by atoms with Gasteiger partial charge in [-0.25, -0.2) is 9.50 Å². The van der Waals surface area contributed by atoms with Gasteiger partial charge in [0.05, 0.1) is 7.11 Å². The lowest BCUT2D eigenvalue weighted by atomic mass is 10.4. The molecule has 1 aliphatic carbocycles. The zero-order valence-corrected chi connectivity index (χ0v) is 9.86. The number of pyridine rings is 1. The summed E-state index contributed by atoms with van der Waals surface area (Å²) in [7, 11) is 1.65. The van der Waals surface area contributed by atoms with Crippen molar-refractivity contribution in [2.24, 2.45) is 0 Å². The van der Waals surface area contributed by atoms with Crippen molar-refractivity contribution in [3.05, 3.63) is 22.6 Å². The minimum absolute atomic E-state index is 0.557. The average Bonchev–Trinajstić information content (AvgIpc) is 2.99. The smallest absolute Gasteiger partial charge is 0.199 e. The lowest BCUT2D eigenvalue weighted by Crippen LogP contribution is -1.93. The summed E-state index contributed by atoms with van der Waals surface area (Å²) in [5.74, 6) is 2.25. The first-order valence-electron chi connectivity index (χ1n) is 4.89. The lowest BCUT2D eigenvalue weighted by molar-refractivity contribution is 0.416. The fourth-order valence-corrected chi connectivity index (χ4v) is 1.98. The Morgan fingerprint density at radius 2 is 2.27 bits per heavy atom. The molecule has 2 aromatic rings. The van der Waals surface area contributed by atoms with Crippen molar-refractivity contribution in [1.29, 1.82) is 0 Å². The van der Waals surface area contributed by atoms with E-state index in [0.717, 1.165) is 21.8 Å². The Labute approximate surface area is 95.4 Å². The number of nitrogens with zero attached hydrogens (tertiary/aromatic N) is 3. The van der Waals surface area contributed by atoms with E-state index in [9.17, 15) is 0 Å². The molecule has 0 radical (unpaired) electrons. The number of hydrogen-bond acceptors (Lipinski definition) is 3. The first-order valence-corrected chi connectivity index (χ1v) is 5.68. The molecule has 1 saturated carbocycles. The van der Waals surface area contributed by atoms with Crippen LogP contribution in [0.15, 0.2) is 16.7 Å². The van der Waals surface area contributed by atoms with Crippen molar-refractivity contribution in [2.75, 3.05) is 7.11 Å². The van der Waals surface area contributed by atoms with E-state index >= 15 is 0 Å². The minimum Gasteiger partial charge on any atom is -0.493 e. The second kappa shape index (κ2) is 3.20. The quantitative estimate of drug-likeness (QED) is 0.785. The molecule has 3 rings (SSSR count). The van der Waals surface area contributed by atoms with Crippen molar-refractivity contribution in [3.8, 4) is 5.75 Å². The van der Waals surface area contributed by atoms with Gasteiger partial charge in [0.15, 0.2) is 17.2 Å². The molecular formula is C10H10BrN3O. The van der Waals surface area contributed by atoms with E-state index in [-0.39, 0.29) is 0 Å². The summed E-state index contributed by atoms with van der Waals surface area (Å²) in [6.45, 7) is 0. The molecule has 0 atom stereocenters. The maximum Gasteiger partial charge on any atom is 0.199 e. The van der Waals surface area contributed by atoms with E-state index in [1.165, 1.54) is 12.8 Å². The number of ether oxygens (including phenoxy) is 1. The molecule has 0 amide bonds. The van der Waals surface area contributed by atoms with Crippen LogP contribution in [-0.4, -0.2) is 21.7 Å². The van der Waals surface area contributed by atoms with Gasteiger partial charge in [0, 0.05) is 5.92 Å². The van der Waals surface area contributed by atoms with Gasteiger partial charge in [-0.1, -0.05) is 0 Å². The predicted octanol–water partition coefficient (Wildman–Crippen LogP) is 2.38. The van der Waals surface area contributed by atoms with E-state index < -0.39 is 0 Å². The molecule has 1 aliphatic rings. The third-order valence-electron chi connectivity index (χ3n) is 2.58. The molecule has 0 bridgehead atoms. The van der Waals surface area contributed by atoms with E-state index in [4.69, 9.17) is 4.74 Å².